The Labute approximate surface area is 133 Å². The highest BCUT2D eigenvalue weighted by Gasteiger charge is 2.16. The quantitative estimate of drug-likeness (QED) is 0.885. The molecule has 0 fully saturated rings. The number of ether oxygens (including phenoxy) is 1. The van der Waals surface area contributed by atoms with Gasteiger partial charge in [0.05, 0.1) is 0 Å². The molecule has 0 aromatic heterocycles. The molecule has 0 spiro atoms. The first-order valence-electron chi connectivity index (χ1n) is 6.76. The van der Waals surface area contributed by atoms with Crippen LogP contribution in [0.3, 0.4) is 0 Å². The molecule has 0 saturated carbocycles. The summed E-state index contributed by atoms with van der Waals surface area (Å²) in [5.41, 5.74) is 2.86. The molecule has 1 unspecified atom stereocenters. The number of carbonyl (C=O) groups excluding carboxylic acids is 1. The van der Waals surface area contributed by atoms with Gasteiger partial charge in [0.25, 0.3) is 5.91 Å². The topological polar surface area (TPSA) is 38.3 Å². The summed E-state index contributed by atoms with van der Waals surface area (Å²) in [7, 11) is 0. The summed E-state index contributed by atoms with van der Waals surface area (Å²) in [6.07, 6.45) is -0.565. The van der Waals surface area contributed by atoms with Gasteiger partial charge < -0.3 is 10.1 Å². The van der Waals surface area contributed by atoms with E-state index in [9.17, 15) is 4.79 Å². The highest BCUT2D eigenvalue weighted by Crippen LogP contribution is 2.21. The number of aryl methyl sites for hydroxylation is 2. The molecule has 3 nitrogen and oxygen atoms in total. The molecule has 2 aromatic carbocycles. The van der Waals surface area contributed by atoms with Gasteiger partial charge in [0.15, 0.2) is 6.10 Å². The Hall–Kier alpha value is -1.81. The average Bonchev–Trinajstić information content (AvgIpc) is 2.43. The van der Waals surface area contributed by atoms with Gasteiger partial charge in [-0.2, -0.15) is 0 Å². The van der Waals surface area contributed by atoms with Gasteiger partial charge in [-0.15, -0.1) is 0 Å². The minimum absolute atomic E-state index is 0.172. The van der Waals surface area contributed by atoms with E-state index < -0.39 is 6.10 Å². The normalized spacial score (nSPS) is 11.8. The van der Waals surface area contributed by atoms with E-state index in [1.807, 2.05) is 56.3 Å². The second-order valence-electron chi connectivity index (χ2n) is 5.03. The minimum Gasteiger partial charge on any atom is -0.481 e. The number of amides is 1. The van der Waals surface area contributed by atoms with Crippen molar-refractivity contribution in [2.45, 2.75) is 26.9 Å². The number of nitrogens with one attached hydrogen (secondary N) is 1. The van der Waals surface area contributed by atoms with Crippen LogP contribution in [-0.4, -0.2) is 12.0 Å². The summed E-state index contributed by atoms with van der Waals surface area (Å²) < 4.78 is 6.69. The van der Waals surface area contributed by atoms with Crippen molar-refractivity contribution in [3.05, 3.63) is 58.1 Å². The van der Waals surface area contributed by atoms with Crippen molar-refractivity contribution < 1.29 is 9.53 Å². The molecule has 0 heterocycles. The Kier molecular flexibility index (Phi) is 5.02. The summed E-state index contributed by atoms with van der Waals surface area (Å²) >= 11 is 3.38. The number of hydrogen-bond acceptors (Lipinski definition) is 2. The van der Waals surface area contributed by atoms with Crippen molar-refractivity contribution in [3.63, 3.8) is 0 Å². The first-order chi connectivity index (χ1) is 9.95. The molecule has 110 valence electrons. The fourth-order valence-corrected chi connectivity index (χ4v) is 2.29. The lowest BCUT2D eigenvalue weighted by molar-refractivity contribution is -0.122. The van der Waals surface area contributed by atoms with Gasteiger partial charge in [-0.05, 0) is 56.2 Å². The molecule has 1 atom stereocenters. The van der Waals surface area contributed by atoms with Gasteiger partial charge in [0, 0.05) is 10.2 Å². The predicted molar refractivity (Wildman–Crippen MR) is 88.8 cm³/mol. The Bertz CT molecular complexity index is 655. The Morgan fingerprint density at radius 1 is 1.19 bits per heavy atom. The van der Waals surface area contributed by atoms with Crippen LogP contribution in [0.4, 0.5) is 5.69 Å². The van der Waals surface area contributed by atoms with Crippen LogP contribution < -0.4 is 10.1 Å². The largest absolute Gasteiger partial charge is 0.481 e. The highest BCUT2D eigenvalue weighted by molar-refractivity contribution is 9.10. The first kappa shape index (κ1) is 15.6. The van der Waals surface area contributed by atoms with E-state index in [0.29, 0.717) is 0 Å². The highest BCUT2D eigenvalue weighted by atomic mass is 79.9. The summed E-state index contributed by atoms with van der Waals surface area (Å²) in [5, 5.41) is 2.84. The molecule has 0 aliphatic carbocycles. The maximum absolute atomic E-state index is 12.2. The van der Waals surface area contributed by atoms with Crippen molar-refractivity contribution in [1.29, 1.82) is 0 Å². The maximum atomic E-state index is 12.2. The minimum atomic E-state index is -0.565. The van der Waals surface area contributed by atoms with Gasteiger partial charge >= 0.3 is 0 Å². The number of rotatable bonds is 4. The van der Waals surface area contributed by atoms with E-state index in [0.717, 1.165) is 27.0 Å². The monoisotopic (exact) mass is 347 g/mol. The average molecular weight is 348 g/mol. The van der Waals surface area contributed by atoms with E-state index in [4.69, 9.17) is 4.74 Å². The second kappa shape index (κ2) is 6.76. The molecule has 0 bridgehead atoms. The van der Waals surface area contributed by atoms with Crippen LogP contribution in [0.5, 0.6) is 5.75 Å². The lowest BCUT2D eigenvalue weighted by Crippen LogP contribution is -2.30. The van der Waals surface area contributed by atoms with E-state index in [1.54, 1.807) is 6.92 Å². The number of hydrogen-bond donors (Lipinski definition) is 1. The molecule has 0 aliphatic heterocycles. The molecule has 0 aliphatic rings. The molecule has 4 heteroatoms. The molecular formula is C17H18BrNO2. The van der Waals surface area contributed by atoms with E-state index in [1.165, 1.54) is 0 Å². The van der Waals surface area contributed by atoms with Crippen molar-refractivity contribution in [3.8, 4) is 5.75 Å². The zero-order valence-electron chi connectivity index (χ0n) is 12.3. The molecule has 0 saturated heterocycles. The summed E-state index contributed by atoms with van der Waals surface area (Å²) in [4.78, 5) is 12.2. The SMILES string of the molecule is Cc1ccc(C)c(OC(C)C(=O)Nc2cccc(Br)c2)c1. The zero-order valence-corrected chi connectivity index (χ0v) is 13.9. The van der Waals surface area contributed by atoms with E-state index in [2.05, 4.69) is 21.2 Å². The number of anilines is 1. The lowest BCUT2D eigenvalue weighted by atomic mass is 10.1. The molecule has 2 rings (SSSR count). The molecule has 2 aromatic rings. The Balaban J connectivity index is 2.04. The predicted octanol–water partition coefficient (Wildman–Crippen LogP) is 4.47. The summed E-state index contributed by atoms with van der Waals surface area (Å²) in [5.74, 6) is 0.570. The van der Waals surface area contributed by atoms with Crippen LogP contribution in [0, 0.1) is 13.8 Å². The third-order valence-electron chi connectivity index (χ3n) is 3.11. The molecule has 21 heavy (non-hydrogen) atoms. The Morgan fingerprint density at radius 3 is 2.67 bits per heavy atom. The number of halogens is 1. The van der Waals surface area contributed by atoms with Crippen molar-refractivity contribution >= 4 is 27.5 Å². The third-order valence-corrected chi connectivity index (χ3v) is 3.60. The van der Waals surface area contributed by atoms with Crippen LogP contribution in [-0.2, 0) is 4.79 Å². The second-order valence-corrected chi connectivity index (χ2v) is 5.94. The van der Waals surface area contributed by atoms with Gasteiger partial charge in [-0.3, -0.25) is 4.79 Å². The lowest BCUT2D eigenvalue weighted by Gasteiger charge is -2.16. The van der Waals surface area contributed by atoms with Gasteiger partial charge in [0.1, 0.15) is 5.75 Å². The van der Waals surface area contributed by atoms with Crippen LogP contribution in [0.25, 0.3) is 0 Å². The van der Waals surface area contributed by atoms with Gasteiger partial charge in [-0.25, -0.2) is 0 Å². The van der Waals surface area contributed by atoms with Crippen LogP contribution >= 0.6 is 15.9 Å². The maximum Gasteiger partial charge on any atom is 0.265 e. The van der Waals surface area contributed by atoms with Crippen LogP contribution in [0.1, 0.15) is 18.1 Å². The molecule has 0 radical (unpaired) electrons. The van der Waals surface area contributed by atoms with Crippen molar-refractivity contribution in [2.75, 3.05) is 5.32 Å². The Morgan fingerprint density at radius 2 is 1.95 bits per heavy atom. The fraction of sp³-hybridized carbons (Fsp3) is 0.235. The van der Waals surface area contributed by atoms with Crippen molar-refractivity contribution in [2.24, 2.45) is 0 Å². The van der Waals surface area contributed by atoms with Crippen LogP contribution in [0.2, 0.25) is 0 Å². The van der Waals surface area contributed by atoms with E-state index >= 15 is 0 Å². The molecule has 1 N–H and O–H groups in total. The molecule has 1 amide bonds. The van der Waals surface area contributed by atoms with Crippen LogP contribution in [0.15, 0.2) is 46.9 Å². The van der Waals surface area contributed by atoms with Gasteiger partial charge in [0.2, 0.25) is 0 Å². The fourth-order valence-electron chi connectivity index (χ4n) is 1.89. The summed E-state index contributed by atoms with van der Waals surface area (Å²) in [6.45, 7) is 5.71. The smallest absolute Gasteiger partial charge is 0.265 e. The van der Waals surface area contributed by atoms with Gasteiger partial charge in [-0.1, -0.05) is 34.1 Å². The summed E-state index contributed by atoms with van der Waals surface area (Å²) in [6, 6.07) is 13.4. The van der Waals surface area contributed by atoms with Crippen molar-refractivity contribution in [1.82, 2.24) is 0 Å². The standard InChI is InChI=1S/C17H18BrNO2/c1-11-7-8-12(2)16(9-11)21-13(3)17(20)19-15-6-4-5-14(18)10-15/h4-10,13H,1-3H3,(H,19,20). The first-order valence-corrected chi connectivity index (χ1v) is 7.55. The third kappa shape index (κ3) is 4.33. The number of benzene rings is 2. The molecular weight excluding hydrogens is 330 g/mol. The number of carbonyl (C=O) groups is 1. The zero-order chi connectivity index (χ0) is 15.4. The van der Waals surface area contributed by atoms with E-state index in [-0.39, 0.29) is 5.91 Å².